The molecule has 10 N–H and O–H groups in total. The molecule has 4 saturated heterocycles. The highest BCUT2D eigenvalue weighted by Gasteiger charge is 2.60. The van der Waals surface area contributed by atoms with E-state index >= 15 is 0 Å². The van der Waals surface area contributed by atoms with Crippen molar-refractivity contribution in [2.75, 3.05) is 19.8 Å². The number of carboxylic acids is 1. The van der Waals surface area contributed by atoms with E-state index in [9.17, 15) is 55.9 Å². The molecule has 16 atom stereocenters. The van der Waals surface area contributed by atoms with E-state index in [1.165, 1.54) is 0 Å². The van der Waals surface area contributed by atoms with Gasteiger partial charge in [0.1, 0.15) is 73.2 Å². The first-order valence-corrected chi connectivity index (χ1v) is 12.1. The molecule has 0 aromatic heterocycles. The van der Waals surface area contributed by atoms with Gasteiger partial charge in [0.05, 0.1) is 19.8 Å². The van der Waals surface area contributed by atoms with Gasteiger partial charge in [0, 0.05) is 6.92 Å². The van der Waals surface area contributed by atoms with Gasteiger partial charge < -0.3 is 84.2 Å². The molecule has 4 fully saturated rings. The summed E-state index contributed by atoms with van der Waals surface area (Å²) in [7, 11) is 0. The number of fused-ring (bicyclic) bond motifs is 1. The van der Waals surface area contributed by atoms with E-state index in [1.807, 2.05) is 0 Å². The highest BCUT2D eigenvalue weighted by Crippen LogP contribution is 2.39. The van der Waals surface area contributed by atoms with Crippen molar-refractivity contribution in [1.29, 1.82) is 0 Å². The van der Waals surface area contributed by atoms with Crippen molar-refractivity contribution in [2.24, 2.45) is 0 Å². The smallest absolute Gasteiger partial charge is 0.364 e. The first kappa shape index (κ1) is 30.8. The van der Waals surface area contributed by atoms with E-state index in [4.69, 9.17) is 33.2 Å². The topological polar surface area (TPSA) is 284 Å². The molecule has 4 aliphatic rings. The third-order valence-corrected chi connectivity index (χ3v) is 7.14. The molecule has 0 bridgehead atoms. The lowest BCUT2D eigenvalue weighted by Gasteiger charge is -2.47. The molecule has 0 aromatic carbocycles. The molecule has 0 amide bonds. The first-order chi connectivity index (χ1) is 18.4. The van der Waals surface area contributed by atoms with Gasteiger partial charge >= 0.3 is 5.97 Å². The van der Waals surface area contributed by atoms with Gasteiger partial charge in [-0.25, -0.2) is 4.79 Å². The van der Waals surface area contributed by atoms with Crippen molar-refractivity contribution in [3.05, 3.63) is 0 Å². The zero-order valence-corrected chi connectivity index (χ0v) is 20.5. The molecule has 4 heterocycles. The number of ether oxygens (including phenoxy) is 7. The third-order valence-electron chi connectivity index (χ3n) is 7.14. The lowest BCUT2D eigenvalue weighted by atomic mass is 9.96. The molecule has 18 nitrogen and oxygen atoms in total. The van der Waals surface area contributed by atoms with Crippen LogP contribution >= 0.6 is 0 Å². The zero-order chi connectivity index (χ0) is 28.8. The van der Waals surface area contributed by atoms with Crippen LogP contribution in [-0.2, 0) is 38.0 Å². The Bertz CT molecular complexity index is 844. The third kappa shape index (κ3) is 5.66. The lowest BCUT2D eigenvalue weighted by Crippen LogP contribution is -2.66. The van der Waals surface area contributed by atoms with Crippen molar-refractivity contribution in [1.82, 2.24) is 0 Å². The van der Waals surface area contributed by atoms with Crippen LogP contribution in [0.3, 0.4) is 0 Å². The van der Waals surface area contributed by atoms with Gasteiger partial charge in [0.15, 0.2) is 18.9 Å². The van der Waals surface area contributed by atoms with Crippen molar-refractivity contribution in [3.8, 4) is 0 Å². The summed E-state index contributed by atoms with van der Waals surface area (Å²) in [4.78, 5) is 11.5. The summed E-state index contributed by atoms with van der Waals surface area (Å²) < 4.78 is 37.9. The average molecular weight is 574 g/mol. The van der Waals surface area contributed by atoms with Crippen LogP contribution in [-0.4, -0.2) is 175 Å². The molecule has 4 rings (SSSR count). The monoisotopic (exact) mass is 574 g/mol. The van der Waals surface area contributed by atoms with E-state index in [-0.39, 0.29) is 0 Å². The van der Waals surface area contributed by atoms with Gasteiger partial charge in [-0.1, -0.05) is 0 Å². The Hall–Kier alpha value is -1.17. The molecule has 0 saturated carbocycles. The second-order valence-corrected chi connectivity index (χ2v) is 9.77. The van der Waals surface area contributed by atoms with Crippen molar-refractivity contribution in [2.45, 2.75) is 105 Å². The van der Waals surface area contributed by atoms with Crippen molar-refractivity contribution in [3.63, 3.8) is 0 Å². The average Bonchev–Trinajstić information content (AvgIpc) is 3.27. The van der Waals surface area contributed by atoms with Crippen LogP contribution in [0.5, 0.6) is 0 Å². The Kier molecular flexibility index (Phi) is 9.45. The van der Waals surface area contributed by atoms with Crippen LogP contribution in [0.2, 0.25) is 0 Å². The largest absolute Gasteiger partial charge is 0.477 e. The Balaban J connectivity index is 1.46. The summed E-state index contributed by atoms with van der Waals surface area (Å²) in [6, 6.07) is 0. The normalized spacial score (nSPS) is 52.4. The fraction of sp³-hybridized carbons (Fsp3) is 0.952. The maximum atomic E-state index is 11.5. The highest BCUT2D eigenvalue weighted by atomic mass is 16.8. The minimum absolute atomic E-state index is 0.753. The quantitative estimate of drug-likeness (QED) is 0.129. The molecule has 0 aliphatic carbocycles. The second-order valence-electron chi connectivity index (χ2n) is 9.77. The Morgan fingerprint density at radius 1 is 0.667 bits per heavy atom. The molecule has 4 aliphatic heterocycles. The fourth-order valence-electron chi connectivity index (χ4n) is 4.86. The minimum atomic E-state index is -2.17. The Labute approximate surface area is 220 Å². The maximum Gasteiger partial charge on any atom is 0.364 e. The molecule has 39 heavy (non-hydrogen) atoms. The van der Waals surface area contributed by atoms with Crippen LogP contribution in [0.1, 0.15) is 6.92 Å². The lowest BCUT2D eigenvalue weighted by molar-refractivity contribution is -0.374. The number of hydrogen-bond acceptors (Lipinski definition) is 17. The van der Waals surface area contributed by atoms with E-state index in [2.05, 4.69) is 0 Å². The van der Waals surface area contributed by atoms with E-state index in [0.717, 1.165) is 6.92 Å². The number of carboxylic acid groups (broad SMARTS) is 1. The van der Waals surface area contributed by atoms with Crippen molar-refractivity contribution < 1.29 is 89.0 Å². The summed E-state index contributed by atoms with van der Waals surface area (Å²) >= 11 is 0. The predicted octanol–water partition coefficient (Wildman–Crippen LogP) is -6.71. The summed E-state index contributed by atoms with van der Waals surface area (Å²) in [5.41, 5.74) is 0. The summed E-state index contributed by atoms with van der Waals surface area (Å²) in [5.74, 6) is -3.67. The van der Waals surface area contributed by atoms with Crippen molar-refractivity contribution >= 4 is 5.97 Å². The Morgan fingerprint density at radius 2 is 1.15 bits per heavy atom. The summed E-state index contributed by atoms with van der Waals surface area (Å²) in [6.45, 7) is -1.26. The number of hydrogen-bond donors (Lipinski definition) is 10. The number of rotatable bonds is 8. The van der Waals surface area contributed by atoms with Gasteiger partial charge in [0.2, 0.25) is 0 Å². The van der Waals surface area contributed by atoms with Crippen LogP contribution in [0, 0.1) is 0 Å². The molecular weight excluding hydrogens is 540 g/mol. The Morgan fingerprint density at radius 3 is 1.69 bits per heavy atom. The van der Waals surface area contributed by atoms with Gasteiger partial charge in [0.25, 0.3) is 5.79 Å². The van der Waals surface area contributed by atoms with E-state index in [0.29, 0.717) is 0 Å². The zero-order valence-electron chi connectivity index (χ0n) is 20.5. The summed E-state index contributed by atoms with van der Waals surface area (Å²) in [5, 5.41) is 101. The van der Waals surface area contributed by atoms with Crippen LogP contribution in [0.15, 0.2) is 0 Å². The van der Waals surface area contributed by atoms with Crippen LogP contribution < -0.4 is 0 Å². The van der Waals surface area contributed by atoms with Gasteiger partial charge in [-0.05, 0) is 0 Å². The minimum Gasteiger partial charge on any atom is -0.477 e. The molecule has 0 radical (unpaired) electrons. The van der Waals surface area contributed by atoms with Gasteiger partial charge in [-0.3, -0.25) is 0 Å². The molecule has 0 spiro atoms. The number of aliphatic carboxylic acids is 1. The van der Waals surface area contributed by atoms with Crippen LogP contribution in [0.25, 0.3) is 0 Å². The fourth-order valence-corrected chi connectivity index (χ4v) is 4.86. The second kappa shape index (κ2) is 12.0. The summed E-state index contributed by atoms with van der Waals surface area (Å²) in [6.07, 6.45) is -24.3. The number of aliphatic hydroxyl groups is 9. The highest BCUT2D eigenvalue weighted by molar-refractivity contribution is 5.75. The molecule has 0 aromatic rings. The SMILES string of the molecule is C[C@@]1(C(=O)O)O[C@H]2O[C@H](CO)[C@@H](O[C@@H]3O[C@H](CO)[C@H](O[C@H]4O[C@H](CO)[C@H](O)[C@H](O)[C@H]4O)[C@H](O)[C@H]3O)[C@H](O)[C@H]2O1. The van der Waals surface area contributed by atoms with E-state index in [1.54, 1.807) is 0 Å². The van der Waals surface area contributed by atoms with Gasteiger partial charge in [-0.15, -0.1) is 0 Å². The molecule has 18 heteroatoms. The number of aliphatic hydroxyl groups excluding tert-OH is 9. The first-order valence-electron chi connectivity index (χ1n) is 12.1. The maximum absolute atomic E-state index is 11.5. The molecular formula is C21H34O18. The predicted molar refractivity (Wildman–Crippen MR) is 115 cm³/mol. The molecule has 0 unspecified atom stereocenters. The molecule has 226 valence electrons. The van der Waals surface area contributed by atoms with Gasteiger partial charge in [-0.2, -0.15) is 0 Å². The number of carbonyl (C=O) groups is 1. The van der Waals surface area contributed by atoms with E-state index < -0.39 is 124 Å². The standard InChI is InChI=1S/C21H34O18/c1-21(20(31)32)38-16-13(30)15(7(4-24)35-19(16)39-21)37-18-12(29)10(27)14(6(3-23)34-18)36-17-11(28)9(26)8(25)5(2-22)33-17/h5-19,22-30H,2-4H2,1H3,(H,31,32)/t5-,6-,7-,8+,9+,10-,11-,12-,13+,14+,15-,16-,17-,18+,19-,21+/m1/s1. The van der Waals surface area contributed by atoms with Crippen LogP contribution in [0.4, 0.5) is 0 Å².